The van der Waals surface area contributed by atoms with Gasteiger partial charge in [0, 0.05) is 33.7 Å². The molecule has 1 heterocycles. The van der Waals surface area contributed by atoms with Gasteiger partial charge in [-0.25, -0.2) is 5.01 Å². The first-order chi connectivity index (χ1) is 17.3. The van der Waals surface area contributed by atoms with E-state index in [-0.39, 0.29) is 23.6 Å². The molecule has 3 atom stereocenters. The first-order valence-electron chi connectivity index (χ1n) is 11.7. The van der Waals surface area contributed by atoms with Crippen LogP contribution in [-0.4, -0.2) is 21.6 Å². The van der Waals surface area contributed by atoms with Crippen molar-refractivity contribution < 1.29 is 9.72 Å². The lowest BCUT2D eigenvalue weighted by atomic mass is 9.73. The minimum Gasteiger partial charge on any atom is -0.267 e. The van der Waals surface area contributed by atoms with Gasteiger partial charge in [0.25, 0.3) is 11.6 Å². The highest BCUT2D eigenvalue weighted by molar-refractivity contribution is 6.30. The molecule has 182 valence electrons. The van der Waals surface area contributed by atoms with Gasteiger partial charge in [-0.2, -0.15) is 5.10 Å². The Bertz CT molecular complexity index is 1370. The number of allylic oxidation sites excluding steroid dienone is 1. The predicted molar refractivity (Wildman–Crippen MR) is 142 cm³/mol. The number of carbonyl (C=O) groups excluding carboxylic acids is 1. The van der Waals surface area contributed by atoms with E-state index >= 15 is 0 Å². The Morgan fingerprint density at radius 1 is 1.00 bits per heavy atom. The summed E-state index contributed by atoms with van der Waals surface area (Å²) in [7, 11) is 0. The van der Waals surface area contributed by atoms with Gasteiger partial charge in [-0.1, -0.05) is 54.4 Å². The zero-order valence-corrected chi connectivity index (χ0v) is 21.0. The summed E-state index contributed by atoms with van der Waals surface area (Å²) in [6.07, 6.45) is 3.86. The van der Waals surface area contributed by atoms with E-state index in [0.29, 0.717) is 21.5 Å². The fourth-order valence-electron chi connectivity index (χ4n) is 5.07. The highest BCUT2D eigenvalue weighted by atomic mass is 35.5. The number of amides is 1. The van der Waals surface area contributed by atoms with Crippen LogP contribution in [0.4, 0.5) is 5.69 Å². The molecule has 3 aromatic rings. The average Bonchev–Trinajstić information content (AvgIpc) is 3.25. The fraction of sp³-hybridized carbons (Fsp3) is 0.214. The van der Waals surface area contributed by atoms with Crippen molar-refractivity contribution in [2.45, 2.75) is 25.8 Å². The molecule has 2 aliphatic rings. The van der Waals surface area contributed by atoms with Crippen LogP contribution in [0.25, 0.3) is 6.08 Å². The van der Waals surface area contributed by atoms with Crippen molar-refractivity contribution in [1.82, 2.24) is 5.01 Å². The first kappa shape index (κ1) is 24.2. The Balaban J connectivity index is 1.58. The van der Waals surface area contributed by atoms with Crippen LogP contribution in [0, 0.1) is 22.0 Å². The SMILES string of the molecule is CC1CC(=Cc2ccc(Cl)cc2)C2=NN(C(=O)c3ccc([N+](=O)[O-])cc3)C(c3ccc(Cl)cc3)C2C1. The number of hydrogen-bond acceptors (Lipinski definition) is 4. The monoisotopic (exact) mass is 519 g/mol. The summed E-state index contributed by atoms with van der Waals surface area (Å²) in [5, 5.41) is 18.8. The van der Waals surface area contributed by atoms with Crippen LogP contribution in [0.1, 0.15) is 47.3 Å². The standard InChI is InChI=1S/C28H23Cl2N3O3/c1-17-14-21(16-18-2-8-22(29)9-3-18)26-25(15-17)27(19-4-10-23(30)11-5-19)32(31-26)28(34)20-6-12-24(13-7-20)33(35)36/h2-13,16-17,25,27H,14-15H2,1H3. The van der Waals surface area contributed by atoms with Crippen LogP contribution in [0.3, 0.4) is 0 Å². The largest absolute Gasteiger partial charge is 0.274 e. The second kappa shape index (κ2) is 9.88. The van der Waals surface area contributed by atoms with Crippen LogP contribution in [-0.2, 0) is 0 Å². The molecule has 1 saturated carbocycles. The van der Waals surface area contributed by atoms with Gasteiger partial charge in [0.1, 0.15) is 0 Å². The van der Waals surface area contributed by atoms with Gasteiger partial charge >= 0.3 is 0 Å². The van der Waals surface area contributed by atoms with Crippen molar-refractivity contribution in [3.05, 3.63) is 115 Å². The van der Waals surface area contributed by atoms with E-state index < -0.39 is 4.92 Å². The highest BCUT2D eigenvalue weighted by Crippen LogP contribution is 2.46. The van der Waals surface area contributed by atoms with Crippen LogP contribution < -0.4 is 0 Å². The number of nitro benzene ring substituents is 1. The summed E-state index contributed by atoms with van der Waals surface area (Å²) in [4.78, 5) is 24.3. The maximum atomic E-state index is 13.7. The minimum atomic E-state index is -0.482. The lowest BCUT2D eigenvalue weighted by molar-refractivity contribution is -0.384. The number of nitrogens with zero attached hydrogens (tertiary/aromatic N) is 3. The molecule has 3 aromatic carbocycles. The minimum absolute atomic E-state index is 0.00970. The van der Waals surface area contributed by atoms with Crippen molar-refractivity contribution in [2.75, 3.05) is 0 Å². The zero-order valence-electron chi connectivity index (χ0n) is 19.5. The van der Waals surface area contributed by atoms with E-state index in [1.54, 1.807) is 0 Å². The van der Waals surface area contributed by atoms with Crippen LogP contribution in [0.5, 0.6) is 0 Å². The molecule has 1 aliphatic carbocycles. The quantitative estimate of drug-likeness (QED) is 0.263. The van der Waals surface area contributed by atoms with Gasteiger partial charge < -0.3 is 0 Å². The second-order valence-electron chi connectivity index (χ2n) is 9.31. The van der Waals surface area contributed by atoms with E-state index in [9.17, 15) is 14.9 Å². The summed E-state index contributed by atoms with van der Waals surface area (Å²) in [5.41, 5.74) is 4.24. The lowest BCUT2D eigenvalue weighted by Crippen LogP contribution is -2.33. The molecule has 1 amide bonds. The third-order valence-corrected chi connectivity index (χ3v) is 7.22. The van der Waals surface area contributed by atoms with E-state index in [1.807, 2.05) is 48.5 Å². The summed E-state index contributed by atoms with van der Waals surface area (Å²) in [6, 6.07) is 20.5. The molecule has 0 N–H and O–H groups in total. The number of non-ortho nitro benzene ring substituents is 1. The smallest absolute Gasteiger partial charge is 0.267 e. The van der Waals surface area contributed by atoms with Gasteiger partial charge in [-0.05, 0) is 77.9 Å². The number of benzene rings is 3. The van der Waals surface area contributed by atoms with Gasteiger partial charge in [0.2, 0.25) is 0 Å². The molecular formula is C28H23Cl2N3O3. The first-order valence-corrected chi connectivity index (χ1v) is 12.4. The molecule has 3 unspecified atom stereocenters. The molecular weight excluding hydrogens is 497 g/mol. The van der Waals surface area contributed by atoms with Gasteiger partial charge in [0.15, 0.2) is 0 Å². The van der Waals surface area contributed by atoms with E-state index in [0.717, 1.165) is 35.3 Å². The van der Waals surface area contributed by atoms with Gasteiger partial charge in [-0.15, -0.1) is 0 Å². The maximum Gasteiger partial charge on any atom is 0.274 e. The molecule has 5 rings (SSSR count). The molecule has 0 radical (unpaired) electrons. The molecule has 36 heavy (non-hydrogen) atoms. The zero-order chi connectivity index (χ0) is 25.4. The molecule has 0 aromatic heterocycles. The maximum absolute atomic E-state index is 13.7. The number of hydrogen-bond donors (Lipinski definition) is 0. The third kappa shape index (κ3) is 4.79. The Morgan fingerprint density at radius 3 is 2.22 bits per heavy atom. The van der Waals surface area contributed by atoms with Crippen molar-refractivity contribution >= 4 is 46.6 Å². The number of fused-ring (bicyclic) bond motifs is 1. The molecule has 0 saturated heterocycles. The molecule has 0 spiro atoms. The van der Waals surface area contributed by atoms with Crippen LogP contribution in [0.2, 0.25) is 10.0 Å². The van der Waals surface area contributed by atoms with E-state index in [2.05, 4.69) is 13.0 Å². The lowest BCUT2D eigenvalue weighted by Gasteiger charge is -2.32. The van der Waals surface area contributed by atoms with Crippen molar-refractivity contribution in [3.8, 4) is 0 Å². The summed E-state index contributed by atoms with van der Waals surface area (Å²) in [6.45, 7) is 2.21. The topological polar surface area (TPSA) is 75.8 Å². The highest BCUT2D eigenvalue weighted by Gasteiger charge is 2.45. The molecule has 0 bridgehead atoms. The Labute approximate surface area is 219 Å². The summed E-state index contributed by atoms with van der Waals surface area (Å²) < 4.78 is 0. The van der Waals surface area contributed by atoms with E-state index in [1.165, 1.54) is 29.3 Å². The molecule has 8 heteroatoms. The van der Waals surface area contributed by atoms with Gasteiger partial charge in [-0.3, -0.25) is 14.9 Å². The van der Waals surface area contributed by atoms with Crippen LogP contribution in [0.15, 0.2) is 83.5 Å². The van der Waals surface area contributed by atoms with Crippen molar-refractivity contribution in [3.63, 3.8) is 0 Å². The number of halogens is 2. The molecule has 1 aliphatic heterocycles. The number of carbonyl (C=O) groups is 1. The normalized spacial score (nSPS) is 22.3. The molecule has 1 fully saturated rings. The summed E-state index contributed by atoms with van der Waals surface area (Å²) in [5.74, 6) is 0.109. The summed E-state index contributed by atoms with van der Waals surface area (Å²) >= 11 is 12.2. The Kier molecular flexibility index (Phi) is 6.65. The van der Waals surface area contributed by atoms with Gasteiger partial charge in [0.05, 0.1) is 16.7 Å². The number of rotatable bonds is 4. The fourth-order valence-corrected chi connectivity index (χ4v) is 5.32. The second-order valence-corrected chi connectivity index (χ2v) is 10.2. The van der Waals surface area contributed by atoms with E-state index in [4.69, 9.17) is 28.3 Å². The average molecular weight is 520 g/mol. The Hall–Kier alpha value is -3.48. The van der Waals surface area contributed by atoms with Crippen molar-refractivity contribution in [2.24, 2.45) is 16.9 Å². The Morgan fingerprint density at radius 2 is 1.61 bits per heavy atom. The molecule has 6 nitrogen and oxygen atoms in total. The van der Waals surface area contributed by atoms with Crippen molar-refractivity contribution in [1.29, 1.82) is 0 Å². The number of hydrazone groups is 1. The number of nitro groups is 1. The van der Waals surface area contributed by atoms with Crippen LogP contribution >= 0.6 is 23.2 Å². The third-order valence-electron chi connectivity index (χ3n) is 6.72. The predicted octanol–water partition coefficient (Wildman–Crippen LogP) is 7.58.